The standard InChI is InChI=1S/C21H24N4O6S2/c1-14-12-15(24-31-14)13-32-20(2,3)21(27,19(22)26)25-33(28,29)18-6-4-16(5-7-18)30-17-8-10-23-11-9-17/h4-12,25,27H,13H2,1-3H3,(H2,22,26). The Morgan fingerprint density at radius 3 is 2.33 bits per heavy atom. The highest BCUT2D eigenvalue weighted by Crippen LogP contribution is 2.37. The van der Waals surface area contributed by atoms with Crippen LogP contribution in [-0.4, -0.2) is 40.0 Å². The van der Waals surface area contributed by atoms with E-state index in [0.717, 1.165) is 11.8 Å². The second-order valence-corrected chi connectivity index (χ2v) is 10.9. The molecule has 33 heavy (non-hydrogen) atoms. The zero-order chi connectivity index (χ0) is 24.3. The van der Waals surface area contributed by atoms with Gasteiger partial charge in [0.25, 0.3) is 5.91 Å². The molecule has 1 aromatic carbocycles. The number of carbonyl (C=O) groups is 1. The molecule has 3 aromatic rings. The minimum atomic E-state index is -4.33. The van der Waals surface area contributed by atoms with Gasteiger partial charge in [-0.05, 0) is 57.2 Å². The molecule has 1 amide bonds. The molecule has 2 aromatic heterocycles. The Hall–Kier alpha value is -2.93. The fourth-order valence-corrected chi connectivity index (χ4v) is 5.22. The average Bonchev–Trinajstić information content (AvgIpc) is 3.18. The number of primary amides is 1. The maximum Gasteiger partial charge on any atom is 0.267 e. The van der Waals surface area contributed by atoms with E-state index in [9.17, 15) is 18.3 Å². The van der Waals surface area contributed by atoms with Crippen molar-refractivity contribution in [3.8, 4) is 11.5 Å². The number of nitrogens with two attached hydrogens (primary N) is 1. The normalized spacial score (nSPS) is 13.9. The van der Waals surface area contributed by atoms with Gasteiger partial charge in [0.15, 0.2) is 0 Å². The summed E-state index contributed by atoms with van der Waals surface area (Å²) in [5, 5.41) is 14.9. The van der Waals surface area contributed by atoms with Crippen LogP contribution in [0, 0.1) is 6.92 Å². The van der Waals surface area contributed by atoms with Crippen LogP contribution in [0.5, 0.6) is 11.5 Å². The van der Waals surface area contributed by atoms with Gasteiger partial charge in [0.1, 0.15) is 17.3 Å². The summed E-state index contributed by atoms with van der Waals surface area (Å²) in [5.41, 5.74) is 3.42. The lowest BCUT2D eigenvalue weighted by atomic mass is 9.99. The number of hydrogen-bond donors (Lipinski definition) is 3. The molecular weight excluding hydrogens is 468 g/mol. The highest BCUT2D eigenvalue weighted by atomic mass is 32.2. The van der Waals surface area contributed by atoms with Crippen LogP contribution >= 0.6 is 11.8 Å². The fraction of sp³-hybridized carbons (Fsp3) is 0.286. The Balaban J connectivity index is 1.78. The molecule has 3 rings (SSSR count). The van der Waals surface area contributed by atoms with E-state index in [1.807, 2.05) is 0 Å². The smallest absolute Gasteiger partial charge is 0.267 e. The number of carbonyl (C=O) groups excluding carboxylic acids is 1. The van der Waals surface area contributed by atoms with Crippen LogP contribution in [0.3, 0.4) is 0 Å². The summed E-state index contributed by atoms with van der Waals surface area (Å²) < 4.78 is 37.3. The molecule has 2 heterocycles. The van der Waals surface area contributed by atoms with Gasteiger partial charge < -0.3 is 20.1 Å². The molecular formula is C21H24N4O6S2. The first kappa shape index (κ1) is 24.7. The van der Waals surface area contributed by atoms with Crippen molar-refractivity contribution in [1.82, 2.24) is 14.9 Å². The van der Waals surface area contributed by atoms with Crippen molar-refractivity contribution in [2.24, 2.45) is 5.73 Å². The molecule has 0 aliphatic rings. The van der Waals surface area contributed by atoms with Crippen LogP contribution in [0.15, 0.2) is 64.3 Å². The number of pyridine rings is 1. The minimum absolute atomic E-state index is 0.183. The summed E-state index contributed by atoms with van der Waals surface area (Å²) in [6.07, 6.45) is 3.12. The molecule has 0 aliphatic heterocycles. The Bertz CT molecular complexity index is 1210. The van der Waals surface area contributed by atoms with Crippen molar-refractivity contribution in [2.75, 3.05) is 0 Å². The topological polar surface area (TPSA) is 158 Å². The van der Waals surface area contributed by atoms with Crippen molar-refractivity contribution < 1.29 is 27.6 Å². The van der Waals surface area contributed by atoms with Crippen molar-refractivity contribution >= 4 is 27.7 Å². The summed E-state index contributed by atoms with van der Waals surface area (Å²) in [6.45, 7) is 4.74. The number of aryl methyl sites for hydroxylation is 1. The van der Waals surface area contributed by atoms with E-state index in [4.69, 9.17) is 15.0 Å². The van der Waals surface area contributed by atoms with Gasteiger partial charge in [-0.1, -0.05) is 5.16 Å². The van der Waals surface area contributed by atoms with Gasteiger partial charge in [0, 0.05) is 24.2 Å². The number of nitrogens with zero attached hydrogens (tertiary/aromatic N) is 2. The van der Waals surface area contributed by atoms with Crippen LogP contribution < -0.4 is 15.2 Å². The Labute approximate surface area is 195 Å². The SMILES string of the molecule is Cc1cc(CSC(C)(C)C(O)(NS(=O)(=O)c2ccc(Oc3ccncc3)cc2)C(N)=O)no1. The Kier molecular flexibility index (Phi) is 7.12. The molecule has 10 nitrogen and oxygen atoms in total. The summed E-state index contributed by atoms with van der Waals surface area (Å²) >= 11 is 1.09. The first-order valence-corrected chi connectivity index (χ1v) is 12.2. The molecule has 0 aliphatic carbocycles. The lowest BCUT2D eigenvalue weighted by Crippen LogP contribution is -2.67. The van der Waals surface area contributed by atoms with E-state index >= 15 is 0 Å². The predicted molar refractivity (Wildman–Crippen MR) is 122 cm³/mol. The van der Waals surface area contributed by atoms with Gasteiger partial charge in [-0.15, -0.1) is 11.8 Å². The maximum absolute atomic E-state index is 13.0. The van der Waals surface area contributed by atoms with Crippen LogP contribution in [0.4, 0.5) is 0 Å². The van der Waals surface area contributed by atoms with Crippen LogP contribution in [0.25, 0.3) is 0 Å². The highest BCUT2D eigenvalue weighted by molar-refractivity contribution is 8.00. The molecule has 1 atom stereocenters. The second-order valence-electron chi connectivity index (χ2n) is 7.66. The molecule has 0 spiro atoms. The Morgan fingerprint density at radius 1 is 1.18 bits per heavy atom. The van der Waals surface area contributed by atoms with E-state index in [1.54, 1.807) is 37.5 Å². The molecule has 176 valence electrons. The second kappa shape index (κ2) is 9.51. The number of benzene rings is 1. The maximum atomic E-state index is 13.0. The first-order chi connectivity index (χ1) is 15.4. The number of aromatic nitrogens is 2. The van der Waals surface area contributed by atoms with Gasteiger partial charge in [-0.25, -0.2) is 8.42 Å². The number of nitrogens with one attached hydrogen (secondary N) is 1. The summed E-state index contributed by atoms with van der Waals surface area (Å²) in [4.78, 5) is 15.9. The quantitative estimate of drug-likeness (QED) is 0.361. The number of sulfonamides is 1. The van der Waals surface area contributed by atoms with Crippen molar-refractivity contribution in [3.05, 3.63) is 66.3 Å². The average molecular weight is 493 g/mol. The van der Waals surface area contributed by atoms with E-state index in [0.29, 0.717) is 23.0 Å². The number of rotatable bonds is 10. The molecule has 0 bridgehead atoms. The zero-order valence-electron chi connectivity index (χ0n) is 18.2. The summed E-state index contributed by atoms with van der Waals surface area (Å²) in [7, 11) is -4.33. The number of amides is 1. The molecule has 1 unspecified atom stereocenters. The zero-order valence-corrected chi connectivity index (χ0v) is 19.8. The molecule has 0 saturated carbocycles. The fourth-order valence-electron chi connectivity index (χ4n) is 2.80. The van der Waals surface area contributed by atoms with E-state index in [1.165, 1.54) is 38.1 Å². The van der Waals surface area contributed by atoms with Crippen LogP contribution in [0.2, 0.25) is 0 Å². The molecule has 0 radical (unpaired) electrons. The van der Waals surface area contributed by atoms with E-state index < -0.39 is 26.4 Å². The van der Waals surface area contributed by atoms with Gasteiger partial charge in [-0.2, -0.15) is 4.72 Å². The van der Waals surface area contributed by atoms with Gasteiger partial charge in [0.2, 0.25) is 15.7 Å². The monoisotopic (exact) mass is 492 g/mol. The van der Waals surface area contributed by atoms with E-state index in [-0.39, 0.29) is 10.6 Å². The summed E-state index contributed by atoms with van der Waals surface area (Å²) in [6, 6.07) is 10.5. The first-order valence-electron chi connectivity index (χ1n) is 9.73. The third-order valence-corrected chi connectivity index (χ3v) is 7.70. The summed E-state index contributed by atoms with van der Waals surface area (Å²) in [5.74, 6) is 0.540. The molecule has 0 fully saturated rings. The number of aliphatic hydroxyl groups is 1. The van der Waals surface area contributed by atoms with Gasteiger partial charge >= 0.3 is 0 Å². The molecule has 12 heteroatoms. The molecule has 0 saturated heterocycles. The lowest BCUT2D eigenvalue weighted by molar-refractivity contribution is -0.140. The van der Waals surface area contributed by atoms with Crippen molar-refractivity contribution in [3.63, 3.8) is 0 Å². The van der Waals surface area contributed by atoms with Crippen LogP contribution in [0.1, 0.15) is 25.3 Å². The van der Waals surface area contributed by atoms with Gasteiger partial charge in [-0.3, -0.25) is 9.78 Å². The van der Waals surface area contributed by atoms with Gasteiger partial charge in [0.05, 0.1) is 15.3 Å². The van der Waals surface area contributed by atoms with Crippen molar-refractivity contribution in [2.45, 2.75) is 41.9 Å². The highest BCUT2D eigenvalue weighted by Gasteiger charge is 2.52. The Morgan fingerprint density at radius 2 is 1.79 bits per heavy atom. The van der Waals surface area contributed by atoms with Crippen molar-refractivity contribution in [1.29, 1.82) is 0 Å². The van der Waals surface area contributed by atoms with E-state index in [2.05, 4.69) is 14.9 Å². The van der Waals surface area contributed by atoms with Crippen LogP contribution in [-0.2, 0) is 20.6 Å². The third-order valence-electron chi connectivity index (χ3n) is 4.79. The number of thioether (sulfide) groups is 1. The number of hydrogen-bond acceptors (Lipinski definition) is 9. The predicted octanol–water partition coefficient (Wildman–Crippen LogP) is 2.33. The minimum Gasteiger partial charge on any atom is -0.457 e. The molecule has 4 N–H and O–H groups in total. The number of ether oxygens (including phenoxy) is 1. The largest absolute Gasteiger partial charge is 0.457 e. The third kappa shape index (κ3) is 5.71. The lowest BCUT2D eigenvalue weighted by Gasteiger charge is -2.39.